The fourth-order valence-electron chi connectivity index (χ4n) is 1.93. The lowest BCUT2D eigenvalue weighted by Crippen LogP contribution is -1.98. The number of ether oxygens (including phenoxy) is 2. The second-order valence-corrected chi connectivity index (χ2v) is 4.87. The summed E-state index contributed by atoms with van der Waals surface area (Å²) in [6.45, 7) is 0. The quantitative estimate of drug-likeness (QED) is 0.395. The number of rotatable bonds is 5. The van der Waals surface area contributed by atoms with Crippen LogP contribution in [0.2, 0.25) is 0 Å². The van der Waals surface area contributed by atoms with Crippen molar-refractivity contribution in [3.8, 4) is 23.3 Å². The molecule has 0 saturated heterocycles. The molecule has 23 heavy (non-hydrogen) atoms. The van der Waals surface area contributed by atoms with E-state index in [4.69, 9.17) is 10.5 Å². The van der Waals surface area contributed by atoms with E-state index in [1.807, 2.05) is 42.5 Å². The molecule has 0 saturated carbocycles. The highest BCUT2D eigenvalue weighted by Crippen LogP contribution is 2.28. The first-order valence-electron chi connectivity index (χ1n) is 7.38. The van der Waals surface area contributed by atoms with Crippen LogP contribution in [-0.2, 0) is 9.53 Å². The van der Waals surface area contributed by atoms with Crippen LogP contribution in [0.4, 0.5) is 5.69 Å². The molecule has 4 heteroatoms. The van der Waals surface area contributed by atoms with E-state index in [9.17, 15) is 4.79 Å². The van der Waals surface area contributed by atoms with Crippen LogP contribution in [0.15, 0.2) is 48.5 Å². The van der Waals surface area contributed by atoms with Crippen LogP contribution in [-0.4, -0.2) is 13.1 Å². The molecule has 0 aliphatic carbocycles. The fourth-order valence-corrected chi connectivity index (χ4v) is 1.93. The Bertz CT molecular complexity index is 729. The molecule has 118 valence electrons. The van der Waals surface area contributed by atoms with Crippen molar-refractivity contribution >= 4 is 11.7 Å². The second-order valence-electron chi connectivity index (χ2n) is 4.87. The molecule has 2 rings (SSSR count). The lowest BCUT2D eigenvalue weighted by Gasteiger charge is -2.09. The topological polar surface area (TPSA) is 61.5 Å². The predicted molar refractivity (Wildman–Crippen MR) is 90.1 cm³/mol. The molecule has 0 atom stereocenters. The van der Waals surface area contributed by atoms with E-state index in [0.717, 1.165) is 5.56 Å². The Labute approximate surface area is 136 Å². The predicted octanol–water partition coefficient (Wildman–Crippen LogP) is 3.76. The van der Waals surface area contributed by atoms with Crippen LogP contribution < -0.4 is 10.5 Å². The number of benzene rings is 2. The Balaban J connectivity index is 2.04. The number of esters is 1. The van der Waals surface area contributed by atoms with Crippen LogP contribution >= 0.6 is 0 Å². The molecular weight excluding hydrogens is 290 g/mol. The minimum absolute atomic E-state index is 0.213. The van der Waals surface area contributed by atoms with Crippen LogP contribution in [0.1, 0.15) is 24.8 Å². The van der Waals surface area contributed by atoms with Gasteiger partial charge in [-0.25, -0.2) is 0 Å². The molecule has 4 nitrogen and oxygen atoms in total. The van der Waals surface area contributed by atoms with Crippen molar-refractivity contribution in [2.75, 3.05) is 12.8 Å². The molecule has 0 heterocycles. The first-order valence-corrected chi connectivity index (χ1v) is 7.38. The number of para-hydroxylation sites is 3. The smallest absolute Gasteiger partial charge is 0.305 e. The summed E-state index contributed by atoms with van der Waals surface area (Å²) in [5.41, 5.74) is 7.26. The van der Waals surface area contributed by atoms with Crippen molar-refractivity contribution in [2.45, 2.75) is 19.3 Å². The fraction of sp³-hybridized carbons (Fsp3) is 0.211. The standard InChI is InChI=1S/C19H19NO3/c1-22-19(21)14-4-2-3-9-15-10-5-7-12-17(15)23-18-13-8-6-11-16(18)20/h5-8,10-13H,2,4,14,20H2,1H3. The Morgan fingerprint density at radius 3 is 2.52 bits per heavy atom. The number of carbonyl (C=O) groups is 1. The summed E-state index contributed by atoms with van der Waals surface area (Å²) < 4.78 is 10.4. The van der Waals surface area contributed by atoms with E-state index in [1.165, 1.54) is 7.11 Å². The Hall–Kier alpha value is -2.93. The molecule has 2 aromatic rings. The molecule has 0 radical (unpaired) electrons. The third-order valence-electron chi connectivity index (χ3n) is 3.16. The van der Waals surface area contributed by atoms with Gasteiger partial charge in [-0.05, 0) is 30.7 Å². The molecule has 0 bridgehead atoms. The largest absolute Gasteiger partial charge is 0.469 e. The first-order chi connectivity index (χ1) is 11.2. The van der Waals surface area contributed by atoms with Gasteiger partial charge < -0.3 is 15.2 Å². The Kier molecular flexibility index (Phi) is 6.07. The number of nitrogens with two attached hydrogens (primary N) is 1. The first kappa shape index (κ1) is 16.4. The zero-order valence-electron chi connectivity index (χ0n) is 13.0. The van der Waals surface area contributed by atoms with E-state index < -0.39 is 0 Å². The highest BCUT2D eigenvalue weighted by molar-refractivity contribution is 5.69. The van der Waals surface area contributed by atoms with Crippen LogP contribution in [0.5, 0.6) is 11.5 Å². The monoisotopic (exact) mass is 309 g/mol. The average molecular weight is 309 g/mol. The van der Waals surface area contributed by atoms with Crippen LogP contribution in [0.3, 0.4) is 0 Å². The Morgan fingerprint density at radius 2 is 1.78 bits per heavy atom. The normalized spacial score (nSPS) is 9.61. The number of hydrogen-bond acceptors (Lipinski definition) is 4. The number of methoxy groups -OCH3 is 1. The molecular formula is C19H19NO3. The second kappa shape index (κ2) is 8.50. The number of hydrogen-bond donors (Lipinski definition) is 1. The summed E-state index contributed by atoms with van der Waals surface area (Å²) >= 11 is 0. The third kappa shape index (κ3) is 5.08. The molecule has 0 spiro atoms. The van der Waals surface area contributed by atoms with E-state index >= 15 is 0 Å². The van der Waals surface area contributed by atoms with Crippen molar-refractivity contribution < 1.29 is 14.3 Å². The van der Waals surface area contributed by atoms with Gasteiger partial charge in [0, 0.05) is 12.8 Å². The zero-order chi connectivity index (χ0) is 16.5. The van der Waals surface area contributed by atoms with Gasteiger partial charge in [0.05, 0.1) is 18.4 Å². The van der Waals surface area contributed by atoms with Gasteiger partial charge in [-0.2, -0.15) is 0 Å². The van der Waals surface area contributed by atoms with E-state index in [-0.39, 0.29) is 5.97 Å². The summed E-state index contributed by atoms with van der Waals surface area (Å²) in [5, 5.41) is 0. The highest BCUT2D eigenvalue weighted by atomic mass is 16.5. The molecule has 0 aliphatic rings. The number of unbranched alkanes of at least 4 members (excludes halogenated alkanes) is 1. The molecule has 0 amide bonds. The molecule has 0 fully saturated rings. The minimum atomic E-state index is -0.213. The third-order valence-corrected chi connectivity index (χ3v) is 3.16. The summed E-state index contributed by atoms with van der Waals surface area (Å²) in [6, 6.07) is 14.9. The summed E-state index contributed by atoms with van der Waals surface area (Å²) in [6.07, 6.45) is 1.68. The van der Waals surface area contributed by atoms with Gasteiger partial charge >= 0.3 is 5.97 Å². The van der Waals surface area contributed by atoms with Crippen molar-refractivity contribution in [3.05, 3.63) is 54.1 Å². The SMILES string of the molecule is COC(=O)CCCC#Cc1ccccc1Oc1ccccc1N. The van der Waals surface area contributed by atoms with Gasteiger partial charge in [0.25, 0.3) is 0 Å². The maximum atomic E-state index is 11.0. The van der Waals surface area contributed by atoms with E-state index in [0.29, 0.717) is 36.4 Å². The minimum Gasteiger partial charge on any atom is -0.469 e. The maximum absolute atomic E-state index is 11.0. The molecule has 2 aromatic carbocycles. The Morgan fingerprint density at radius 1 is 1.09 bits per heavy atom. The van der Waals surface area contributed by atoms with Gasteiger partial charge in [0.2, 0.25) is 0 Å². The summed E-state index contributed by atoms with van der Waals surface area (Å²) in [5.74, 6) is 7.18. The lowest BCUT2D eigenvalue weighted by atomic mass is 10.2. The molecule has 0 unspecified atom stereocenters. The highest BCUT2D eigenvalue weighted by Gasteiger charge is 2.04. The molecule has 0 aromatic heterocycles. The average Bonchev–Trinajstić information content (AvgIpc) is 2.57. The zero-order valence-corrected chi connectivity index (χ0v) is 13.0. The number of nitrogen functional groups attached to an aromatic ring is 1. The summed E-state index contributed by atoms with van der Waals surface area (Å²) in [7, 11) is 1.39. The van der Waals surface area contributed by atoms with Crippen molar-refractivity contribution in [2.24, 2.45) is 0 Å². The van der Waals surface area contributed by atoms with Gasteiger partial charge in [0.1, 0.15) is 11.5 Å². The molecule has 2 N–H and O–H groups in total. The van der Waals surface area contributed by atoms with E-state index in [2.05, 4.69) is 16.6 Å². The van der Waals surface area contributed by atoms with Gasteiger partial charge in [-0.3, -0.25) is 4.79 Å². The lowest BCUT2D eigenvalue weighted by molar-refractivity contribution is -0.140. The van der Waals surface area contributed by atoms with Gasteiger partial charge in [-0.1, -0.05) is 36.1 Å². The number of anilines is 1. The van der Waals surface area contributed by atoms with Gasteiger partial charge in [-0.15, -0.1) is 0 Å². The molecule has 0 aliphatic heterocycles. The summed E-state index contributed by atoms with van der Waals surface area (Å²) in [4.78, 5) is 11.0. The van der Waals surface area contributed by atoms with Crippen molar-refractivity contribution in [1.82, 2.24) is 0 Å². The van der Waals surface area contributed by atoms with Crippen LogP contribution in [0, 0.1) is 11.8 Å². The van der Waals surface area contributed by atoms with Crippen molar-refractivity contribution in [1.29, 1.82) is 0 Å². The van der Waals surface area contributed by atoms with Gasteiger partial charge in [0.15, 0.2) is 0 Å². The van der Waals surface area contributed by atoms with E-state index in [1.54, 1.807) is 6.07 Å². The number of carbonyl (C=O) groups excluding carboxylic acids is 1. The maximum Gasteiger partial charge on any atom is 0.305 e. The van der Waals surface area contributed by atoms with Crippen molar-refractivity contribution in [3.63, 3.8) is 0 Å². The van der Waals surface area contributed by atoms with Crippen LogP contribution in [0.25, 0.3) is 0 Å².